The maximum Gasteiger partial charge on any atom is 0.167 e. The summed E-state index contributed by atoms with van der Waals surface area (Å²) in [6.45, 7) is 1.81. The number of aliphatic hydroxyl groups is 3. The van der Waals surface area contributed by atoms with Crippen LogP contribution >= 0.6 is 0 Å². The highest BCUT2D eigenvalue weighted by Crippen LogP contribution is 2.32. The Morgan fingerprint density at radius 3 is 2.56 bits per heavy atom. The Hall–Kier alpha value is -1.81. The van der Waals surface area contributed by atoms with E-state index in [2.05, 4.69) is 21.9 Å². The van der Waals surface area contributed by atoms with E-state index in [4.69, 9.17) is 10.5 Å². The third kappa shape index (κ3) is 4.21. The fourth-order valence-corrected chi connectivity index (χ4v) is 3.46. The number of hydrogen-bond donors (Lipinski definition) is 4. The highest BCUT2D eigenvalue weighted by molar-refractivity contribution is 5.81. The average molecular weight is 379 g/mol. The SMILES string of the molecule is CCCCCCCCc1nc(N)c2ncn(C3OC(CO)C(O)C3O)c2n1. The number of aromatic nitrogens is 4. The number of unbranched alkanes of at least 4 members (excludes halogenated alkanes) is 5. The standard InChI is InChI=1S/C18H29N5O4/c1-2-3-4-5-6-7-8-12-21-16(19)13-17(22-12)23(10-20-13)18-15(26)14(25)11(9-24)27-18/h10-11,14-15,18,24-26H,2-9H2,1H3,(H2,19,21,22). The number of hydrogen-bond acceptors (Lipinski definition) is 8. The number of aryl methyl sites for hydroxylation is 1. The lowest BCUT2D eigenvalue weighted by atomic mass is 10.1. The second kappa shape index (κ2) is 8.92. The Bertz CT molecular complexity index is 753. The van der Waals surface area contributed by atoms with Gasteiger partial charge in [0.15, 0.2) is 17.7 Å². The summed E-state index contributed by atoms with van der Waals surface area (Å²) in [5.74, 6) is 0.912. The summed E-state index contributed by atoms with van der Waals surface area (Å²) in [4.78, 5) is 13.1. The van der Waals surface area contributed by atoms with Crippen molar-refractivity contribution in [2.75, 3.05) is 12.3 Å². The molecule has 27 heavy (non-hydrogen) atoms. The van der Waals surface area contributed by atoms with Crippen molar-refractivity contribution in [1.82, 2.24) is 19.5 Å². The topological polar surface area (TPSA) is 140 Å². The van der Waals surface area contributed by atoms with Crippen LogP contribution in [0.25, 0.3) is 11.2 Å². The van der Waals surface area contributed by atoms with Gasteiger partial charge in [-0.1, -0.05) is 39.0 Å². The van der Waals surface area contributed by atoms with Gasteiger partial charge in [0.05, 0.1) is 12.9 Å². The van der Waals surface area contributed by atoms with Crippen LogP contribution in [0, 0.1) is 0 Å². The van der Waals surface area contributed by atoms with Gasteiger partial charge in [0, 0.05) is 6.42 Å². The molecule has 0 bridgehead atoms. The minimum absolute atomic E-state index is 0.284. The fraction of sp³-hybridized carbons (Fsp3) is 0.722. The van der Waals surface area contributed by atoms with Crippen molar-refractivity contribution in [3.05, 3.63) is 12.2 Å². The van der Waals surface area contributed by atoms with E-state index >= 15 is 0 Å². The van der Waals surface area contributed by atoms with Crippen LogP contribution in [-0.2, 0) is 11.2 Å². The van der Waals surface area contributed by atoms with E-state index in [-0.39, 0.29) is 12.4 Å². The van der Waals surface area contributed by atoms with E-state index in [0.717, 1.165) is 12.8 Å². The maximum absolute atomic E-state index is 10.3. The molecule has 0 saturated carbocycles. The minimum atomic E-state index is -1.20. The molecule has 3 heterocycles. The summed E-state index contributed by atoms with van der Waals surface area (Å²) in [5.41, 5.74) is 6.92. The molecule has 150 valence electrons. The third-order valence-electron chi connectivity index (χ3n) is 5.04. The molecule has 3 rings (SSSR count). The minimum Gasteiger partial charge on any atom is -0.394 e. The molecule has 0 amide bonds. The van der Waals surface area contributed by atoms with E-state index in [1.807, 2.05) is 0 Å². The molecule has 1 saturated heterocycles. The lowest BCUT2D eigenvalue weighted by Crippen LogP contribution is -2.33. The summed E-state index contributed by atoms with van der Waals surface area (Å²) in [7, 11) is 0. The van der Waals surface area contributed by atoms with Crippen molar-refractivity contribution in [2.24, 2.45) is 0 Å². The lowest BCUT2D eigenvalue weighted by molar-refractivity contribution is -0.0511. The van der Waals surface area contributed by atoms with E-state index in [1.165, 1.54) is 32.0 Å². The van der Waals surface area contributed by atoms with Gasteiger partial charge in [0.2, 0.25) is 0 Å². The molecule has 0 spiro atoms. The van der Waals surface area contributed by atoms with Crippen LogP contribution in [0.15, 0.2) is 6.33 Å². The van der Waals surface area contributed by atoms with Gasteiger partial charge in [0.1, 0.15) is 29.7 Å². The first-order chi connectivity index (χ1) is 13.1. The molecule has 2 aromatic rings. The second-order valence-electron chi connectivity index (χ2n) is 7.10. The van der Waals surface area contributed by atoms with Crippen LogP contribution in [0.2, 0.25) is 0 Å². The number of fused-ring (bicyclic) bond motifs is 1. The lowest BCUT2D eigenvalue weighted by Gasteiger charge is -2.16. The van der Waals surface area contributed by atoms with Crippen molar-refractivity contribution in [1.29, 1.82) is 0 Å². The van der Waals surface area contributed by atoms with Crippen LogP contribution in [0.4, 0.5) is 5.82 Å². The Morgan fingerprint density at radius 2 is 1.85 bits per heavy atom. The number of rotatable bonds is 9. The van der Waals surface area contributed by atoms with Crippen LogP contribution in [0.5, 0.6) is 0 Å². The normalized spacial score (nSPS) is 25.5. The zero-order chi connectivity index (χ0) is 19.4. The monoisotopic (exact) mass is 379 g/mol. The zero-order valence-electron chi connectivity index (χ0n) is 15.7. The molecule has 1 fully saturated rings. The first-order valence-corrected chi connectivity index (χ1v) is 9.68. The predicted octanol–water partition coefficient (Wildman–Crippen LogP) is 0.923. The zero-order valence-corrected chi connectivity index (χ0v) is 15.7. The molecule has 0 aliphatic carbocycles. The molecule has 4 atom stereocenters. The van der Waals surface area contributed by atoms with Crippen molar-refractivity contribution in [2.45, 2.75) is 76.4 Å². The van der Waals surface area contributed by atoms with Crippen LogP contribution < -0.4 is 5.73 Å². The molecular weight excluding hydrogens is 350 g/mol. The Morgan fingerprint density at radius 1 is 1.11 bits per heavy atom. The largest absolute Gasteiger partial charge is 0.394 e. The second-order valence-corrected chi connectivity index (χ2v) is 7.10. The van der Waals surface area contributed by atoms with Gasteiger partial charge in [-0.2, -0.15) is 0 Å². The quantitative estimate of drug-likeness (QED) is 0.472. The molecule has 9 heteroatoms. The Labute approximate surface area is 158 Å². The Kier molecular flexibility index (Phi) is 6.59. The van der Waals surface area contributed by atoms with Gasteiger partial charge in [-0.05, 0) is 6.42 Å². The van der Waals surface area contributed by atoms with Gasteiger partial charge < -0.3 is 25.8 Å². The van der Waals surface area contributed by atoms with Gasteiger partial charge in [-0.25, -0.2) is 15.0 Å². The smallest absolute Gasteiger partial charge is 0.167 e. The molecule has 4 unspecified atom stereocenters. The van der Waals surface area contributed by atoms with E-state index in [1.54, 1.807) is 4.57 Å². The fourth-order valence-electron chi connectivity index (χ4n) is 3.46. The van der Waals surface area contributed by atoms with Gasteiger partial charge >= 0.3 is 0 Å². The highest BCUT2D eigenvalue weighted by atomic mass is 16.6. The Balaban J connectivity index is 1.75. The first kappa shape index (κ1) is 19.9. The molecule has 5 N–H and O–H groups in total. The number of imidazole rings is 1. The average Bonchev–Trinajstić information content (AvgIpc) is 3.20. The number of ether oxygens (including phenoxy) is 1. The summed E-state index contributed by atoms with van der Waals surface area (Å²) < 4.78 is 7.12. The van der Waals surface area contributed by atoms with Crippen LogP contribution in [0.3, 0.4) is 0 Å². The van der Waals surface area contributed by atoms with Gasteiger partial charge in [-0.3, -0.25) is 4.57 Å². The summed E-state index contributed by atoms with van der Waals surface area (Å²) in [5, 5.41) is 29.5. The molecule has 2 aromatic heterocycles. The van der Waals surface area contributed by atoms with E-state index < -0.39 is 24.5 Å². The van der Waals surface area contributed by atoms with E-state index in [0.29, 0.717) is 23.4 Å². The van der Waals surface area contributed by atoms with Crippen LogP contribution in [-0.4, -0.2) is 59.8 Å². The number of anilines is 1. The summed E-state index contributed by atoms with van der Waals surface area (Å²) in [6.07, 6.45) is 5.09. The molecule has 1 aliphatic heterocycles. The van der Waals surface area contributed by atoms with Gasteiger partial charge in [-0.15, -0.1) is 0 Å². The van der Waals surface area contributed by atoms with Gasteiger partial charge in [0.25, 0.3) is 0 Å². The van der Waals surface area contributed by atoms with Crippen molar-refractivity contribution in [3.63, 3.8) is 0 Å². The third-order valence-corrected chi connectivity index (χ3v) is 5.04. The predicted molar refractivity (Wildman–Crippen MR) is 99.8 cm³/mol. The van der Waals surface area contributed by atoms with Crippen molar-refractivity contribution in [3.8, 4) is 0 Å². The summed E-state index contributed by atoms with van der Waals surface area (Å²) >= 11 is 0. The molecule has 1 aliphatic rings. The highest BCUT2D eigenvalue weighted by Gasteiger charge is 2.44. The van der Waals surface area contributed by atoms with E-state index in [9.17, 15) is 15.3 Å². The summed E-state index contributed by atoms with van der Waals surface area (Å²) in [6, 6.07) is 0. The number of nitrogen functional groups attached to an aromatic ring is 1. The van der Waals surface area contributed by atoms with Crippen molar-refractivity contribution < 1.29 is 20.1 Å². The molecular formula is C18H29N5O4. The number of aliphatic hydroxyl groups excluding tert-OH is 3. The van der Waals surface area contributed by atoms with Crippen molar-refractivity contribution >= 4 is 17.0 Å². The van der Waals surface area contributed by atoms with Crippen LogP contribution in [0.1, 0.15) is 57.5 Å². The first-order valence-electron chi connectivity index (χ1n) is 9.68. The molecule has 9 nitrogen and oxygen atoms in total. The number of nitrogens with two attached hydrogens (primary N) is 1. The molecule has 0 aromatic carbocycles. The molecule has 0 radical (unpaired) electrons. The maximum atomic E-state index is 10.3. The number of nitrogens with zero attached hydrogens (tertiary/aromatic N) is 4.